The van der Waals surface area contributed by atoms with E-state index in [0.29, 0.717) is 31.9 Å². The molecule has 0 bridgehead atoms. The molecule has 0 fully saturated rings. The van der Waals surface area contributed by atoms with E-state index in [1.807, 2.05) is 0 Å². The molecule has 28 heavy (non-hydrogen) atoms. The molecule has 2 N–H and O–H groups in total. The molecule has 3 aromatic rings. The van der Waals surface area contributed by atoms with Gasteiger partial charge >= 0.3 is 5.97 Å². The number of rotatable bonds is 5. The normalized spacial score (nSPS) is 12.4. The predicted molar refractivity (Wildman–Crippen MR) is 117 cm³/mol. The van der Waals surface area contributed by atoms with Crippen LogP contribution in [0.3, 0.4) is 0 Å². The van der Waals surface area contributed by atoms with Crippen molar-refractivity contribution in [3.63, 3.8) is 0 Å². The van der Waals surface area contributed by atoms with Crippen LogP contribution in [0.1, 0.15) is 34.0 Å². The van der Waals surface area contributed by atoms with Crippen molar-refractivity contribution in [1.82, 2.24) is 0 Å². The van der Waals surface area contributed by atoms with Gasteiger partial charge in [-0.2, -0.15) is 10.2 Å². The molecule has 9 heteroatoms. The number of nitrogens with zero attached hydrogens (tertiary/aromatic N) is 2. The molecule has 144 valence electrons. The molecule has 0 unspecified atom stereocenters. The highest BCUT2D eigenvalue weighted by Gasteiger charge is 2.16. The van der Waals surface area contributed by atoms with Gasteiger partial charge in [-0.15, -0.1) is 22.7 Å². The van der Waals surface area contributed by atoms with E-state index in [1.54, 1.807) is 43.5 Å². The highest BCUT2D eigenvalue weighted by molar-refractivity contribution is 7.16. The van der Waals surface area contributed by atoms with Crippen LogP contribution in [0.4, 0.5) is 0 Å². The first kappa shape index (κ1) is 20.5. The van der Waals surface area contributed by atoms with Gasteiger partial charge in [0.2, 0.25) is 0 Å². The van der Waals surface area contributed by atoms with Crippen LogP contribution in [-0.2, 0) is 0 Å². The number of thiophene rings is 2. The highest BCUT2D eigenvalue weighted by atomic mass is 35.5. The first-order valence-corrected chi connectivity index (χ1v) is 10.4. The first-order valence-electron chi connectivity index (χ1n) is 7.96. The summed E-state index contributed by atoms with van der Waals surface area (Å²) in [6.45, 7) is 3.50. The van der Waals surface area contributed by atoms with Crippen molar-refractivity contribution in [3.05, 3.63) is 61.1 Å². The minimum atomic E-state index is -0.971. The van der Waals surface area contributed by atoms with E-state index in [-0.39, 0.29) is 10.6 Å². The first-order chi connectivity index (χ1) is 13.3. The summed E-state index contributed by atoms with van der Waals surface area (Å²) < 4.78 is 0. The monoisotopic (exact) mass is 452 g/mol. The molecule has 0 radical (unpaired) electrons. The van der Waals surface area contributed by atoms with E-state index in [0.717, 1.165) is 21.8 Å². The van der Waals surface area contributed by atoms with Gasteiger partial charge in [0.15, 0.2) is 0 Å². The second-order valence-electron chi connectivity index (χ2n) is 5.80. The zero-order chi connectivity index (χ0) is 20.4. The van der Waals surface area contributed by atoms with Crippen molar-refractivity contribution in [1.29, 1.82) is 0 Å². The summed E-state index contributed by atoms with van der Waals surface area (Å²) in [5.74, 6) is -0.872. The van der Waals surface area contributed by atoms with Crippen LogP contribution < -0.4 is 0 Å². The van der Waals surface area contributed by atoms with Gasteiger partial charge in [-0.05, 0) is 43.7 Å². The molecule has 3 rings (SSSR count). The van der Waals surface area contributed by atoms with E-state index in [9.17, 15) is 9.90 Å². The fourth-order valence-electron chi connectivity index (χ4n) is 2.35. The minimum absolute atomic E-state index is 0.0989. The van der Waals surface area contributed by atoms with Crippen LogP contribution in [-0.4, -0.2) is 27.6 Å². The number of halogens is 2. The number of aromatic carboxylic acids is 1. The van der Waals surface area contributed by atoms with Crippen LogP contribution >= 0.6 is 45.9 Å². The number of hydrogen-bond acceptors (Lipinski definition) is 6. The molecule has 5 nitrogen and oxygen atoms in total. The zero-order valence-electron chi connectivity index (χ0n) is 14.7. The maximum Gasteiger partial charge on any atom is 0.345 e. The molecule has 1 aromatic carbocycles. The number of hydrogen-bond donors (Lipinski definition) is 2. The number of aromatic hydroxyl groups is 1. The third kappa shape index (κ3) is 4.28. The van der Waals surface area contributed by atoms with Gasteiger partial charge in [0.05, 0.1) is 36.8 Å². The quantitative estimate of drug-likeness (QED) is 0.345. The third-order valence-electron chi connectivity index (χ3n) is 3.86. The Morgan fingerprint density at radius 3 is 2.32 bits per heavy atom. The molecule has 0 saturated carbocycles. The molecule has 0 atom stereocenters. The Hall–Kier alpha value is -2.19. The van der Waals surface area contributed by atoms with Crippen molar-refractivity contribution in [2.45, 2.75) is 13.8 Å². The fourth-order valence-corrected chi connectivity index (χ4v) is 4.44. The lowest BCUT2D eigenvalue weighted by Gasteiger charge is -2.03. The lowest BCUT2D eigenvalue weighted by molar-refractivity contribution is 0.0702. The van der Waals surface area contributed by atoms with Crippen molar-refractivity contribution < 1.29 is 15.0 Å². The van der Waals surface area contributed by atoms with Gasteiger partial charge in [0, 0.05) is 5.38 Å². The van der Waals surface area contributed by atoms with Gasteiger partial charge in [-0.3, -0.25) is 0 Å². The molecule has 0 saturated heterocycles. The topological polar surface area (TPSA) is 82.2 Å². The Morgan fingerprint density at radius 1 is 1.00 bits per heavy atom. The van der Waals surface area contributed by atoms with E-state index >= 15 is 0 Å². The van der Waals surface area contributed by atoms with Gasteiger partial charge in [0.25, 0.3) is 0 Å². The smallest absolute Gasteiger partial charge is 0.345 e. The predicted octanol–water partition coefficient (Wildman–Crippen LogP) is 6.42. The van der Waals surface area contributed by atoms with Gasteiger partial charge in [-0.1, -0.05) is 29.3 Å². The average molecular weight is 453 g/mol. The molecule has 0 spiro atoms. The van der Waals surface area contributed by atoms with Crippen LogP contribution in [0.25, 0.3) is 10.4 Å². The molecule has 2 heterocycles. The third-order valence-corrected chi connectivity index (χ3v) is 6.80. The van der Waals surface area contributed by atoms with Crippen LogP contribution in [0.5, 0.6) is 5.75 Å². The van der Waals surface area contributed by atoms with Crippen LogP contribution in [0.2, 0.25) is 10.0 Å². The Kier molecular flexibility index (Phi) is 6.20. The Morgan fingerprint density at radius 2 is 1.68 bits per heavy atom. The molecular formula is C19H14Cl2N2O3S2. The molecule has 0 aliphatic heterocycles. The van der Waals surface area contributed by atoms with Gasteiger partial charge in [-0.25, -0.2) is 4.79 Å². The van der Waals surface area contributed by atoms with Crippen molar-refractivity contribution in [3.8, 4) is 16.2 Å². The Bertz CT molecular complexity index is 1120. The van der Waals surface area contributed by atoms with E-state index in [4.69, 9.17) is 28.3 Å². The minimum Gasteiger partial charge on any atom is -0.506 e. The summed E-state index contributed by atoms with van der Waals surface area (Å²) in [5.41, 5.74) is 2.46. The summed E-state index contributed by atoms with van der Waals surface area (Å²) in [7, 11) is 0. The van der Waals surface area contributed by atoms with E-state index in [2.05, 4.69) is 10.2 Å². The number of benzene rings is 1. The number of carboxylic acids is 1. The summed E-state index contributed by atoms with van der Waals surface area (Å²) in [4.78, 5) is 12.6. The van der Waals surface area contributed by atoms with E-state index in [1.165, 1.54) is 17.4 Å². The maximum absolute atomic E-state index is 11.0. The lowest BCUT2D eigenvalue weighted by Crippen LogP contribution is -1.94. The summed E-state index contributed by atoms with van der Waals surface area (Å²) in [5, 5.41) is 30.6. The molecule has 0 amide bonds. The molecule has 0 aliphatic rings. The van der Waals surface area contributed by atoms with Crippen molar-refractivity contribution >= 4 is 63.3 Å². The summed E-state index contributed by atoms with van der Waals surface area (Å²) >= 11 is 14.5. The Balaban J connectivity index is 1.87. The Labute approximate surface area is 179 Å². The fraction of sp³-hybridized carbons (Fsp3) is 0.105. The highest BCUT2D eigenvalue weighted by Crippen LogP contribution is 2.40. The molecular weight excluding hydrogens is 439 g/mol. The SMILES string of the molecule is CC(=NN=C(C)c1csc(-c2ccc(Cl)c(Cl)c2)c1O)c1ccc(C(=O)O)s1. The average Bonchev–Trinajstić information content (AvgIpc) is 3.29. The lowest BCUT2D eigenvalue weighted by atomic mass is 10.1. The van der Waals surface area contributed by atoms with E-state index < -0.39 is 5.97 Å². The van der Waals surface area contributed by atoms with Crippen LogP contribution in [0, 0.1) is 0 Å². The number of carbonyl (C=O) groups is 1. The number of carboxylic acid groups (broad SMARTS) is 1. The van der Waals surface area contributed by atoms with Crippen molar-refractivity contribution in [2.75, 3.05) is 0 Å². The zero-order valence-corrected chi connectivity index (χ0v) is 17.9. The van der Waals surface area contributed by atoms with Crippen LogP contribution in [0.15, 0.2) is 45.9 Å². The van der Waals surface area contributed by atoms with Gasteiger partial charge < -0.3 is 10.2 Å². The van der Waals surface area contributed by atoms with Crippen molar-refractivity contribution in [2.24, 2.45) is 10.2 Å². The second-order valence-corrected chi connectivity index (χ2v) is 8.57. The maximum atomic E-state index is 11.0. The molecule has 0 aliphatic carbocycles. The second kappa shape index (κ2) is 8.45. The summed E-state index contributed by atoms with van der Waals surface area (Å²) in [6, 6.07) is 8.40. The summed E-state index contributed by atoms with van der Waals surface area (Å²) in [6.07, 6.45) is 0. The largest absolute Gasteiger partial charge is 0.506 e. The molecule has 2 aromatic heterocycles. The standard InChI is InChI=1S/C19H14Cl2N2O3S2/c1-9(22-23-10(2)15-5-6-16(28-15)19(25)26)12-8-27-18(17(12)24)11-3-4-13(20)14(21)7-11/h3-8,24H,1-2H3,(H,25,26). The van der Waals surface area contributed by atoms with Gasteiger partial charge in [0.1, 0.15) is 10.6 Å².